The van der Waals surface area contributed by atoms with E-state index in [1.807, 2.05) is 53.7 Å². The van der Waals surface area contributed by atoms with Crippen LogP contribution in [0.5, 0.6) is 11.5 Å². The molecule has 1 saturated carbocycles. The van der Waals surface area contributed by atoms with Crippen molar-refractivity contribution >= 4 is 17.6 Å². The molecular formula is C26H34ClFO4. The Kier molecular flexibility index (Phi) is 8.97. The van der Waals surface area contributed by atoms with Gasteiger partial charge in [-0.2, -0.15) is 0 Å². The molecule has 0 amide bonds. The molecule has 6 heteroatoms. The van der Waals surface area contributed by atoms with E-state index in [1.54, 1.807) is 12.1 Å². The van der Waals surface area contributed by atoms with E-state index in [1.165, 1.54) is 6.07 Å². The monoisotopic (exact) mass is 464 g/mol. The molecule has 0 saturated heterocycles. The first kappa shape index (κ1) is 26.0. The van der Waals surface area contributed by atoms with Gasteiger partial charge in [-0.3, -0.25) is 4.79 Å². The molecule has 0 radical (unpaired) electrons. The normalized spacial score (nSPS) is 19.4. The first-order valence-electron chi connectivity index (χ1n) is 11.4. The fraction of sp³-hybridized carbons (Fsp3) is 0.500. The van der Waals surface area contributed by atoms with Crippen molar-refractivity contribution in [3.8, 4) is 11.5 Å². The van der Waals surface area contributed by atoms with Gasteiger partial charge in [0, 0.05) is 29.5 Å². The molecule has 1 aliphatic heterocycles. The van der Waals surface area contributed by atoms with Gasteiger partial charge in [-0.1, -0.05) is 45.4 Å². The van der Waals surface area contributed by atoms with Gasteiger partial charge in [-0.15, -0.1) is 0 Å². The Morgan fingerprint density at radius 1 is 1.22 bits per heavy atom. The second-order valence-electron chi connectivity index (χ2n) is 8.26. The van der Waals surface area contributed by atoms with E-state index in [-0.39, 0.29) is 36.3 Å². The van der Waals surface area contributed by atoms with Gasteiger partial charge in [-0.05, 0) is 61.4 Å². The number of benzene rings is 2. The van der Waals surface area contributed by atoms with Crippen LogP contribution in [0.4, 0.5) is 4.39 Å². The molecule has 0 bridgehead atoms. The first-order valence-corrected chi connectivity index (χ1v) is 11.7. The number of rotatable bonds is 6. The summed E-state index contributed by atoms with van der Waals surface area (Å²) < 4.78 is 26.3. The van der Waals surface area contributed by atoms with Crippen LogP contribution in [-0.4, -0.2) is 16.7 Å². The maximum Gasteiger partial charge on any atom is 0.303 e. The molecule has 2 aromatic carbocycles. The molecule has 1 heterocycles. The highest BCUT2D eigenvalue weighted by atomic mass is 35.5. The van der Waals surface area contributed by atoms with E-state index in [0.717, 1.165) is 23.3 Å². The summed E-state index contributed by atoms with van der Waals surface area (Å²) in [5.41, 5.74) is 2.16. The lowest BCUT2D eigenvalue weighted by Gasteiger charge is -2.18. The maximum absolute atomic E-state index is 14.5. The molecule has 4 nitrogen and oxygen atoms in total. The second kappa shape index (κ2) is 11.0. The Labute approximate surface area is 195 Å². The van der Waals surface area contributed by atoms with Gasteiger partial charge in [0.25, 0.3) is 0 Å². The highest BCUT2D eigenvalue weighted by Gasteiger charge is 2.41. The maximum atomic E-state index is 14.5. The molecule has 2 aromatic rings. The second-order valence-corrected chi connectivity index (χ2v) is 8.70. The third-order valence-electron chi connectivity index (χ3n) is 5.33. The van der Waals surface area contributed by atoms with E-state index in [9.17, 15) is 9.18 Å². The number of aliphatic carboxylic acids is 1. The number of carboxylic acid groups (broad SMARTS) is 1. The average Bonchev–Trinajstić information content (AvgIpc) is 3.40. The lowest BCUT2D eigenvalue weighted by Crippen LogP contribution is -2.25. The zero-order chi connectivity index (χ0) is 24.1. The number of halogens is 2. The SMILES string of the molecule is CC.CC.CC1(C)Cc2cc(Cl)cc(COc3ccc(C4CC4CC(=O)O)c(F)c3)c2O1. The molecule has 1 aliphatic carbocycles. The molecule has 1 fully saturated rings. The minimum absolute atomic E-state index is 0.0167. The number of ether oxygens (including phenoxy) is 2. The predicted octanol–water partition coefficient (Wildman–Crippen LogP) is 7.40. The number of hydrogen-bond acceptors (Lipinski definition) is 3. The Bertz CT molecular complexity index is 942. The van der Waals surface area contributed by atoms with Crippen LogP contribution >= 0.6 is 11.6 Å². The highest BCUT2D eigenvalue weighted by molar-refractivity contribution is 6.30. The van der Waals surface area contributed by atoms with Gasteiger partial charge < -0.3 is 14.6 Å². The standard InChI is InChI=1S/C22H22ClFO4.2C2H6/c1-22(2)10-13-5-15(23)6-14(21(13)28-22)11-27-16-3-4-17(19(24)9-16)18-7-12(18)8-20(25)26;2*1-2/h3-6,9,12,18H,7-8,10-11H2,1-2H3,(H,25,26);2*1-2H3. The molecule has 2 unspecified atom stereocenters. The molecule has 1 N–H and O–H groups in total. The molecular weight excluding hydrogens is 431 g/mol. The summed E-state index contributed by atoms with van der Waals surface area (Å²) in [6.07, 6.45) is 1.57. The van der Waals surface area contributed by atoms with Crippen molar-refractivity contribution in [2.75, 3.05) is 0 Å². The minimum Gasteiger partial charge on any atom is -0.489 e. The third-order valence-corrected chi connectivity index (χ3v) is 5.55. The highest BCUT2D eigenvalue weighted by Crippen LogP contribution is 2.50. The fourth-order valence-electron chi connectivity index (χ4n) is 3.99. The Morgan fingerprint density at radius 3 is 2.53 bits per heavy atom. The van der Waals surface area contributed by atoms with Gasteiger partial charge in [0.15, 0.2) is 0 Å². The lowest BCUT2D eigenvalue weighted by molar-refractivity contribution is -0.137. The molecule has 2 aliphatic rings. The van der Waals surface area contributed by atoms with Crippen molar-refractivity contribution in [3.63, 3.8) is 0 Å². The van der Waals surface area contributed by atoms with Gasteiger partial charge in [-0.25, -0.2) is 4.39 Å². The van der Waals surface area contributed by atoms with E-state index in [4.69, 9.17) is 26.2 Å². The van der Waals surface area contributed by atoms with Crippen molar-refractivity contribution in [1.29, 1.82) is 0 Å². The number of fused-ring (bicyclic) bond motifs is 1. The first-order chi connectivity index (χ1) is 15.2. The summed E-state index contributed by atoms with van der Waals surface area (Å²) in [5, 5.41) is 9.49. The molecule has 2 atom stereocenters. The summed E-state index contributed by atoms with van der Waals surface area (Å²) in [7, 11) is 0. The van der Waals surface area contributed by atoms with Crippen LogP contribution in [0.1, 0.15) is 77.0 Å². The lowest BCUT2D eigenvalue weighted by atomic mass is 10.0. The van der Waals surface area contributed by atoms with Gasteiger partial charge in [0.1, 0.15) is 29.5 Å². The molecule has 32 heavy (non-hydrogen) atoms. The van der Waals surface area contributed by atoms with E-state index >= 15 is 0 Å². The van der Waals surface area contributed by atoms with Gasteiger partial charge in [0.05, 0.1) is 0 Å². The zero-order valence-electron chi connectivity index (χ0n) is 19.8. The fourth-order valence-corrected chi connectivity index (χ4v) is 4.25. The molecule has 0 aromatic heterocycles. The topological polar surface area (TPSA) is 55.8 Å². The minimum atomic E-state index is -0.840. The number of hydrogen-bond donors (Lipinski definition) is 1. The van der Waals surface area contributed by atoms with E-state index in [0.29, 0.717) is 22.8 Å². The summed E-state index contributed by atoms with van der Waals surface area (Å²) >= 11 is 6.23. The van der Waals surface area contributed by atoms with E-state index < -0.39 is 5.97 Å². The van der Waals surface area contributed by atoms with Crippen LogP contribution in [0.25, 0.3) is 0 Å². The van der Waals surface area contributed by atoms with Crippen LogP contribution in [0.2, 0.25) is 5.02 Å². The molecule has 0 spiro atoms. The van der Waals surface area contributed by atoms with Crippen LogP contribution in [-0.2, 0) is 17.8 Å². The van der Waals surface area contributed by atoms with Crippen molar-refractivity contribution in [1.82, 2.24) is 0 Å². The zero-order valence-corrected chi connectivity index (χ0v) is 20.6. The van der Waals surface area contributed by atoms with Crippen LogP contribution in [0.15, 0.2) is 30.3 Å². The van der Waals surface area contributed by atoms with Crippen LogP contribution in [0.3, 0.4) is 0 Å². The number of carbonyl (C=O) groups is 1. The van der Waals surface area contributed by atoms with E-state index in [2.05, 4.69) is 0 Å². The van der Waals surface area contributed by atoms with Gasteiger partial charge in [0.2, 0.25) is 0 Å². The summed E-state index contributed by atoms with van der Waals surface area (Å²) in [6.45, 7) is 12.3. The molecule has 4 rings (SSSR count). The Hall–Kier alpha value is -2.27. The third kappa shape index (κ3) is 6.38. The Balaban J connectivity index is 0.000000860. The number of carboxylic acids is 1. The Morgan fingerprint density at radius 2 is 1.91 bits per heavy atom. The van der Waals surface area contributed by atoms with Crippen molar-refractivity contribution in [3.05, 3.63) is 57.9 Å². The quantitative estimate of drug-likeness (QED) is 0.483. The summed E-state index contributed by atoms with van der Waals surface area (Å²) in [5.74, 6) is 0.0189. The van der Waals surface area contributed by atoms with Crippen molar-refractivity contribution in [2.45, 2.75) is 78.9 Å². The summed E-state index contributed by atoms with van der Waals surface area (Å²) in [4.78, 5) is 10.8. The summed E-state index contributed by atoms with van der Waals surface area (Å²) in [6, 6.07) is 8.50. The van der Waals surface area contributed by atoms with Crippen molar-refractivity contribution in [2.24, 2.45) is 5.92 Å². The molecule has 176 valence electrons. The van der Waals surface area contributed by atoms with Gasteiger partial charge >= 0.3 is 5.97 Å². The van der Waals surface area contributed by atoms with Crippen LogP contribution < -0.4 is 9.47 Å². The van der Waals surface area contributed by atoms with Crippen LogP contribution in [0, 0.1) is 11.7 Å². The average molecular weight is 465 g/mol. The largest absolute Gasteiger partial charge is 0.489 e. The predicted molar refractivity (Wildman–Crippen MR) is 126 cm³/mol. The smallest absolute Gasteiger partial charge is 0.303 e. The van der Waals surface area contributed by atoms with Crippen molar-refractivity contribution < 1.29 is 23.8 Å².